The van der Waals surface area contributed by atoms with Gasteiger partial charge in [-0.15, -0.1) is 0 Å². The molecule has 1 aromatic carbocycles. The number of anilines is 1. The molecule has 1 heterocycles. The molecule has 1 saturated carbocycles. The highest BCUT2D eigenvalue weighted by Crippen LogP contribution is 2.43. The Labute approximate surface area is 127 Å². The van der Waals surface area contributed by atoms with Gasteiger partial charge in [-0.1, -0.05) is 24.4 Å². The van der Waals surface area contributed by atoms with Crippen LogP contribution in [0.4, 0.5) is 5.69 Å². The first-order chi connectivity index (χ1) is 9.58. The summed E-state index contributed by atoms with van der Waals surface area (Å²) in [4.78, 5) is 0.627. The smallest absolute Gasteiger partial charge is 0.0702 e. The van der Waals surface area contributed by atoms with Gasteiger partial charge in [0.05, 0.1) is 38.2 Å². The molecule has 0 aromatic heterocycles. The van der Waals surface area contributed by atoms with Crippen molar-refractivity contribution < 1.29 is 8.95 Å². The fourth-order valence-corrected chi connectivity index (χ4v) is 5.03. The second-order valence-corrected chi connectivity index (χ2v) is 7.74. The summed E-state index contributed by atoms with van der Waals surface area (Å²) in [6, 6.07) is 5.14. The van der Waals surface area contributed by atoms with E-state index in [0.29, 0.717) is 21.4 Å². The van der Waals surface area contributed by atoms with Crippen LogP contribution >= 0.6 is 11.6 Å². The summed E-state index contributed by atoms with van der Waals surface area (Å²) >= 11 is 6.11. The molecule has 5 heteroatoms. The highest BCUT2D eigenvalue weighted by Gasteiger charge is 2.42. The fourth-order valence-electron chi connectivity index (χ4n) is 3.35. The van der Waals surface area contributed by atoms with Gasteiger partial charge >= 0.3 is 0 Å². The molecule has 3 nitrogen and oxygen atoms in total. The van der Waals surface area contributed by atoms with Gasteiger partial charge in [-0.25, -0.2) is 0 Å². The minimum Gasteiger partial charge on any atom is -0.399 e. The van der Waals surface area contributed by atoms with Crippen LogP contribution in [0.3, 0.4) is 0 Å². The zero-order valence-corrected chi connectivity index (χ0v) is 13.0. The molecule has 2 unspecified atom stereocenters. The normalized spacial score (nSPS) is 26.1. The van der Waals surface area contributed by atoms with Gasteiger partial charge in [0, 0.05) is 5.69 Å². The van der Waals surface area contributed by atoms with E-state index >= 15 is 0 Å². The lowest BCUT2D eigenvalue weighted by molar-refractivity contribution is -0.0270. The molecule has 2 atom stereocenters. The van der Waals surface area contributed by atoms with Gasteiger partial charge in [-0.05, 0) is 43.9 Å². The average Bonchev–Trinajstić information content (AvgIpc) is 3.03. The summed E-state index contributed by atoms with van der Waals surface area (Å²) in [5.41, 5.74) is 6.43. The summed E-state index contributed by atoms with van der Waals surface area (Å²) in [6.07, 6.45) is 7.05. The molecule has 2 fully saturated rings. The molecule has 110 valence electrons. The van der Waals surface area contributed by atoms with Crippen LogP contribution in [0.1, 0.15) is 38.5 Å². The second kappa shape index (κ2) is 5.66. The van der Waals surface area contributed by atoms with Gasteiger partial charge in [0.1, 0.15) is 0 Å². The van der Waals surface area contributed by atoms with Gasteiger partial charge in [0.2, 0.25) is 0 Å². The number of rotatable bonds is 3. The largest absolute Gasteiger partial charge is 0.399 e. The van der Waals surface area contributed by atoms with E-state index in [2.05, 4.69) is 0 Å². The summed E-state index contributed by atoms with van der Waals surface area (Å²) in [5.74, 6) is 0.519. The van der Waals surface area contributed by atoms with Crippen LogP contribution in [-0.4, -0.2) is 21.7 Å². The first-order valence-corrected chi connectivity index (χ1v) is 8.89. The molecule has 1 spiro atoms. The third-order valence-corrected chi connectivity index (χ3v) is 6.34. The Morgan fingerprint density at radius 1 is 1.35 bits per heavy atom. The molecular formula is C15H20ClNO2S. The fraction of sp³-hybridized carbons (Fsp3) is 0.600. The van der Waals surface area contributed by atoms with Crippen molar-refractivity contribution in [3.05, 3.63) is 23.2 Å². The topological polar surface area (TPSA) is 52.3 Å². The predicted octanol–water partition coefficient (Wildman–Crippen LogP) is 3.52. The minimum absolute atomic E-state index is 0.0893. The standard InChI is InChI=1S/C15H20ClNO2S/c16-13-4-3-11(17)9-14(13)20(18)10-12-5-8-15(19-12)6-1-2-7-15/h3-4,9,12H,1-2,5-8,10,17H2. The Bertz CT molecular complexity index is 529. The lowest BCUT2D eigenvalue weighted by atomic mass is 9.98. The number of hydrogen-bond donors (Lipinski definition) is 1. The lowest BCUT2D eigenvalue weighted by Gasteiger charge is -2.23. The van der Waals surface area contributed by atoms with E-state index in [1.165, 1.54) is 12.8 Å². The highest BCUT2D eigenvalue weighted by molar-refractivity contribution is 7.85. The molecule has 0 amide bonds. The molecule has 1 aromatic rings. The van der Waals surface area contributed by atoms with E-state index in [4.69, 9.17) is 22.1 Å². The Kier molecular flexibility index (Phi) is 4.07. The van der Waals surface area contributed by atoms with Crippen molar-refractivity contribution in [1.29, 1.82) is 0 Å². The van der Waals surface area contributed by atoms with Crippen molar-refractivity contribution in [1.82, 2.24) is 0 Å². The summed E-state index contributed by atoms with van der Waals surface area (Å²) in [5, 5.41) is 0.520. The molecule has 1 aliphatic heterocycles. The third kappa shape index (κ3) is 2.87. The van der Waals surface area contributed by atoms with Crippen molar-refractivity contribution in [2.75, 3.05) is 11.5 Å². The van der Waals surface area contributed by atoms with Gasteiger partial charge in [-0.2, -0.15) is 0 Å². The molecule has 1 aliphatic carbocycles. The zero-order chi connectivity index (χ0) is 14.2. The molecule has 2 N–H and O–H groups in total. The van der Waals surface area contributed by atoms with Gasteiger partial charge in [0.15, 0.2) is 0 Å². The molecule has 20 heavy (non-hydrogen) atoms. The maximum Gasteiger partial charge on any atom is 0.0702 e. The maximum absolute atomic E-state index is 12.5. The van der Waals surface area contributed by atoms with Gasteiger partial charge in [0.25, 0.3) is 0 Å². The van der Waals surface area contributed by atoms with Crippen LogP contribution in [0, 0.1) is 0 Å². The monoisotopic (exact) mass is 313 g/mol. The van der Waals surface area contributed by atoms with Crippen LogP contribution < -0.4 is 5.73 Å². The van der Waals surface area contributed by atoms with Crippen LogP contribution in [0.5, 0.6) is 0 Å². The van der Waals surface area contributed by atoms with E-state index in [0.717, 1.165) is 25.7 Å². The van der Waals surface area contributed by atoms with Crippen molar-refractivity contribution in [2.24, 2.45) is 0 Å². The third-order valence-electron chi connectivity index (χ3n) is 4.39. The number of hydrogen-bond acceptors (Lipinski definition) is 3. The van der Waals surface area contributed by atoms with E-state index < -0.39 is 10.8 Å². The number of nitrogen functional groups attached to an aromatic ring is 1. The molecule has 0 bridgehead atoms. The summed E-state index contributed by atoms with van der Waals surface area (Å²) in [7, 11) is -1.15. The number of nitrogens with two attached hydrogens (primary N) is 1. The maximum atomic E-state index is 12.5. The van der Waals surface area contributed by atoms with Crippen molar-refractivity contribution in [2.45, 2.75) is 55.1 Å². The van der Waals surface area contributed by atoms with Gasteiger partial charge < -0.3 is 10.5 Å². The molecular weight excluding hydrogens is 294 g/mol. The Hall–Kier alpha value is -0.580. The highest BCUT2D eigenvalue weighted by atomic mass is 35.5. The first-order valence-electron chi connectivity index (χ1n) is 7.19. The van der Waals surface area contributed by atoms with E-state index in [1.54, 1.807) is 18.2 Å². The summed E-state index contributed by atoms with van der Waals surface area (Å²) in [6.45, 7) is 0. The van der Waals surface area contributed by atoms with Crippen LogP contribution in [-0.2, 0) is 15.5 Å². The molecule has 1 saturated heterocycles. The lowest BCUT2D eigenvalue weighted by Crippen LogP contribution is -2.27. The second-order valence-electron chi connectivity index (χ2n) is 5.87. The number of ether oxygens (including phenoxy) is 1. The molecule has 3 rings (SSSR count). The van der Waals surface area contributed by atoms with E-state index in [1.807, 2.05) is 0 Å². The average molecular weight is 314 g/mol. The molecule has 2 aliphatic rings. The van der Waals surface area contributed by atoms with Crippen molar-refractivity contribution >= 4 is 28.1 Å². The Morgan fingerprint density at radius 3 is 2.85 bits per heavy atom. The number of halogens is 1. The Balaban J connectivity index is 1.66. The van der Waals surface area contributed by atoms with E-state index in [9.17, 15) is 4.21 Å². The van der Waals surface area contributed by atoms with Crippen molar-refractivity contribution in [3.63, 3.8) is 0 Å². The summed E-state index contributed by atoms with van der Waals surface area (Å²) < 4.78 is 18.7. The van der Waals surface area contributed by atoms with Crippen molar-refractivity contribution in [3.8, 4) is 0 Å². The Morgan fingerprint density at radius 2 is 2.10 bits per heavy atom. The number of benzene rings is 1. The first kappa shape index (κ1) is 14.4. The zero-order valence-electron chi connectivity index (χ0n) is 11.4. The van der Waals surface area contributed by atoms with Crippen LogP contribution in [0.15, 0.2) is 23.1 Å². The molecule has 0 radical (unpaired) electrons. The van der Waals surface area contributed by atoms with E-state index in [-0.39, 0.29) is 11.7 Å². The van der Waals surface area contributed by atoms with Crippen LogP contribution in [0.25, 0.3) is 0 Å². The van der Waals surface area contributed by atoms with Gasteiger partial charge in [-0.3, -0.25) is 4.21 Å². The quantitative estimate of drug-likeness (QED) is 0.869. The van der Waals surface area contributed by atoms with Crippen LogP contribution in [0.2, 0.25) is 5.02 Å². The predicted molar refractivity (Wildman–Crippen MR) is 82.4 cm³/mol. The SMILES string of the molecule is Nc1ccc(Cl)c(S(=O)CC2CCC3(CCCC3)O2)c1. The minimum atomic E-state index is -1.15.